The Kier molecular flexibility index (Phi) is 5.84. The Hall–Kier alpha value is -1.04. The van der Waals surface area contributed by atoms with Crippen LogP contribution in [0.1, 0.15) is 50.2 Å². The van der Waals surface area contributed by atoms with Crippen molar-refractivity contribution in [2.75, 3.05) is 0 Å². The number of unbranched alkanes of at least 4 members (excludes halogenated alkanes) is 4. The summed E-state index contributed by atoms with van der Waals surface area (Å²) in [5, 5.41) is 0. The largest absolute Gasteiger partial charge is 0.0985 e. The maximum absolute atomic E-state index is 3.85. The first-order chi connectivity index (χ1) is 7.38. The highest BCUT2D eigenvalue weighted by Crippen LogP contribution is 2.14. The molecule has 0 spiro atoms. The molecular weight excluding hydrogens is 180 g/mol. The summed E-state index contributed by atoms with van der Waals surface area (Å²) in [6.45, 7) is 6.11. The SMILES string of the molecule is C=Cc1ccccc1CCCCCCC. The second-order valence-corrected chi connectivity index (χ2v) is 4.07. The number of hydrogen-bond donors (Lipinski definition) is 0. The van der Waals surface area contributed by atoms with Crippen LogP contribution < -0.4 is 0 Å². The van der Waals surface area contributed by atoms with Crippen molar-refractivity contribution in [2.45, 2.75) is 45.4 Å². The summed E-state index contributed by atoms with van der Waals surface area (Å²) in [6.07, 6.45) is 9.91. The first-order valence-electron chi connectivity index (χ1n) is 6.08. The topological polar surface area (TPSA) is 0 Å². The van der Waals surface area contributed by atoms with Crippen molar-refractivity contribution in [3.63, 3.8) is 0 Å². The highest BCUT2D eigenvalue weighted by Gasteiger charge is 1.97. The molecular formula is C15H22. The molecule has 0 saturated heterocycles. The third-order valence-corrected chi connectivity index (χ3v) is 2.82. The van der Waals surface area contributed by atoms with Gasteiger partial charge in [0, 0.05) is 0 Å². The molecule has 1 aromatic carbocycles. The Morgan fingerprint density at radius 3 is 2.53 bits per heavy atom. The fourth-order valence-corrected chi connectivity index (χ4v) is 1.88. The fourth-order valence-electron chi connectivity index (χ4n) is 1.88. The average Bonchev–Trinajstić information content (AvgIpc) is 2.29. The molecule has 1 aromatic rings. The Morgan fingerprint density at radius 1 is 1.07 bits per heavy atom. The Labute approximate surface area is 94.0 Å². The van der Waals surface area contributed by atoms with Crippen molar-refractivity contribution < 1.29 is 0 Å². The van der Waals surface area contributed by atoms with Crippen LogP contribution in [0.2, 0.25) is 0 Å². The molecule has 0 aliphatic rings. The van der Waals surface area contributed by atoms with E-state index in [2.05, 4.69) is 37.8 Å². The van der Waals surface area contributed by atoms with Crippen LogP contribution in [-0.2, 0) is 6.42 Å². The molecule has 0 fully saturated rings. The van der Waals surface area contributed by atoms with Crippen LogP contribution in [0.25, 0.3) is 6.08 Å². The fraction of sp³-hybridized carbons (Fsp3) is 0.467. The number of aryl methyl sites for hydroxylation is 1. The zero-order chi connectivity index (χ0) is 10.9. The van der Waals surface area contributed by atoms with Gasteiger partial charge in [-0.25, -0.2) is 0 Å². The molecule has 0 heteroatoms. The molecule has 0 saturated carbocycles. The predicted molar refractivity (Wildman–Crippen MR) is 69.0 cm³/mol. The van der Waals surface area contributed by atoms with Crippen molar-refractivity contribution in [1.29, 1.82) is 0 Å². The molecule has 0 amide bonds. The van der Waals surface area contributed by atoms with Crippen LogP contribution in [0.5, 0.6) is 0 Å². The minimum Gasteiger partial charge on any atom is -0.0985 e. The van der Waals surface area contributed by atoms with Gasteiger partial charge in [0.15, 0.2) is 0 Å². The summed E-state index contributed by atoms with van der Waals surface area (Å²) in [7, 11) is 0. The summed E-state index contributed by atoms with van der Waals surface area (Å²) < 4.78 is 0. The van der Waals surface area contributed by atoms with Crippen molar-refractivity contribution in [3.8, 4) is 0 Å². The first-order valence-corrected chi connectivity index (χ1v) is 6.08. The molecule has 0 nitrogen and oxygen atoms in total. The van der Waals surface area contributed by atoms with E-state index in [1.807, 2.05) is 6.08 Å². The van der Waals surface area contributed by atoms with E-state index in [9.17, 15) is 0 Å². The quantitative estimate of drug-likeness (QED) is 0.555. The Bertz CT molecular complexity index is 286. The minimum absolute atomic E-state index is 1.20. The van der Waals surface area contributed by atoms with Crippen LogP contribution in [0.15, 0.2) is 30.8 Å². The molecule has 0 bridgehead atoms. The van der Waals surface area contributed by atoms with Crippen LogP contribution in [0.4, 0.5) is 0 Å². The van der Waals surface area contributed by atoms with Crippen molar-refractivity contribution in [2.24, 2.45) is 0 Å². The molecule has 0 N–H and O–H groups in total. The standard InChI is InChI=1S/C15H22/c1-3-5-6-7-8-12-15-13-10-9-11-14(15)4-2/h4,9-11,13H,2-3,5-8,12H2,1H3. The molecule has 0 aliphatic heterocycles. The maximum Gasteiger partial charge on any atom is -0.0230 e. The lowest BCUT2D eigenvalue weighted by atomic mass is 10.0. The molecule has 15 heavy (non-hydrogen) atoms. The molecule has 0 radical (unpaired) electrons. The van der Waals surface area contributed by atoms with E-state index in [-0.39, 0.29) is 0 Å². The van der Waals surface area contributed by atoms with Crippen LogP contribution >= 0.6 is 0 Å². The van der Waals surface area contributed by atoms with Gasteiger partial charge in [-0.2, -0.15) is 0 Å². The van der Waals surface area contributed by atoms with E-state index in [0.29, 0.717) is 0 Å². The summed E-state index contributed by atoms with van der Waals surface area (Å²) in [5.74, 6) is 0. The molecule has 0 aromatic heterocycles. The molecule has 82 valence electrons. The van der Waals surface area contributed by atoms with Gasteiger partial charge >= 0.3 is 0 Å². The van der Waals surface area contributed by atoms with Crippen molar-refractivity contribution in [1.82, 2.24) is 0 Å². The highest BCUT2D eigenvalue weighted by molar-refractivity contribution is 5.51. The number of benzene rings is 1. The second-order valence-electron chi connectivity index (χ2n) is 4.07. The first kappa shape index (κ1) is 12.0. The molecule has 0 atom stereocenters. The lowest BCUT2D eigenvalue weighted by Gasteiger charge is -2.05. The molecule has 1 rings (SSSR count). The summed E-state index contributed by atoms with van der Waals surface area (Å²) in [5.41, 5.74) is 2.75. The third kappa shape index (κ3) is 4.33. The van der Waals surface area contributed by atoms with Gasteiger partial charge in [0.2, 0.25) is 0 Å². The lowest BCUT2D eigenvalue weighted by Crippen LogP contribution is -1.89. The van der Waals surface area contributed by atoms with Crippen LogP contribution in [0, 0.1) is 0 Å². The van der Waals surface area contributed by atoms with Crippen LogP contribution in [-0.4, -0.2) is 0 Å². The Morgan fingerprint density at radius 2 is 1.80 bits per heavy atom. The third-order valence-electron chi connectivity index (χ3n) is 2.82. The van der Waals surface area contributed by atoms with Gasteiger partial charge in [0.25, 0.3) is 0 Å². The summed E-state index contributed by atoms with van der Waals surface area (Å²) in [4.78, 5) is 0. The second kappa shape index (κ2) is 7.28. The lowest BCUT2D eigenvalue weighted by molar-refractivity contribution is 0.632. The smallest absolute Gasteiger partial charge is 0.0230 e. The van der Waals surface area contributed by atoms with Gasteiger partial charge in [0.05, 0.1) is 0 Å². The normalized spacial score (nSPS) is 10.2. The van der Waals surface area contributed by atoms with Crippen LogP contribution in [0.3, 0.4) is 0 Å². The van der Waals surface area contributed by atoms with E-state index in [4.69, 9.17) is 0 Å². The Balaban J connectivity index is 2.33. The van der Waals surface area contributed by atoms with E-state index >= 15 is 0 Å². The monoisotopic (exact) mass is 202 g/mol. The van der Waals surface area contributed by atoms with Gasteiger partial charge in [-0.15, -0.1) is 0 Å². The predicted octanol–water partition coefficient (Wildman–Crippen LogP) is 4.84. The van der Waals surface area contributed by atoms with Gasteiger partial charge in [-0.3, -0.25) is 0 Å². The number of rotatable bonds is 7. The molecule has 0 aliphatic carbocycles. The molecule has 0 unspecified atom stereocenters. The van der Waals surface area contributed by atoms with Gasteiger partial charge in [0.1, 0.15) is 0 Å². The minimum atomic E-state index is 1.20. The van der Waals surface area contributed by atoms with E-state index < -0.39 is 0 Å². The maximum atomic E-state index is 3.85. The zero-order valence-electron chi connectivity index (χ0n) is 9.84. The van der Waals surface area contributed by atoms with Gasteiger partial charge in [-0.05, 0) is 24.0 Å². The van der Waals surface area contributed by atoms with E-state index in [1.165, 1.54) is 49.7 Å². The number of hydrogen-bond acceptors (Lipinski definition) is 0. The van der Waals surface area contributed by atoms with Gasteiger partial charge in [-0.1, -0.05) is 69.5 Å². The van der Waals surface area contributed by atoms with Crippen molar-refractivity contribution in [3.05, 3.63) is 42.0 Å². The van der Waals surface area contributed by atoms with E-state index in [1.54, 1.807) is 0 Å². The highest BCUT2D eigenvalue weighted by atomic mass is 14.0. The zero-order valence-corrected chi connectivity index (χ0v) is 9.84. The average molecular weight is 202 g/mol. The molecule has 0 heterocycles. The van der Waals surface area contributed by atoms with E-state index in [0.717, 1.165) is 0 Å². The van der Waals surface area contributed by atoms with Gasteiger partial charge < -0.3 is 0 Å². The summed E-state index contributed by atoms with van der Waals surface area (Å²) >= 11 is 0. The summed E-state index contributed by atoms with van der Waals surface area (Å²) in [6, 6.07) is 8.57. The van der Waals surface area contributed by atoms with Crippen molar-refractivity contribution >= 4 is 6.08 Å².